The van der Waals surface area contributed by atoms with Gasteiger partial charge in [0.05, 0.1) is 4.90 Å². The first-order valence-corrected chi connectivity index (χ1v) is 6.38. The Morgan fingerprint density at radius 1 is 1.33 bits per heavy atom. The Kier molecular flexibility index (Phi) is 6.15. The van der Waals surface area contributed by atoms with Crippen LogP contribution in [0, 0.1) is 11.6 Å². The van der Waals surface area contributed by atoms with Crippen molar-refractivity contribution >= 4 is 22.4 Å². The molecule has 1 aromatic carbocycles. The van der Waals surface area contributed by atoms with Crippen molar-refractivity contribution in [2.45, 2.75) is 17.9 Å². The molecule has 104 valence electrons. The standard InChI is InChI=1S/C10H14F2N2O2S.ClH/c1-7(6-13)14(2)17(15,16)8-3-4-9(11)10(12)5-8;/h3-5,7H,6,13H2,1-2H3;1H. The minimum absolute atomic E-state index is 0. The second-order valence-corrected chi connectivity index (χ2v) is 5.68. The number of hydrogen-bond donors (Lipinski definition) is 1. The summed E-state index contributed by atoms with van der Waals surface area (Å²) >= 11 is 0. The van der Waals surface area contributed by atoms with Gasteiger partial charge in [0.15, 0.2) is 11.6 Å². The van der Waals surface area contributed by atoms with E-state index in [9.17, 15) is 17.2 Å². The van der Waals surface area contributed by atoms with Crippen LogP contribution in [0.1, 0.15) is 6.92 Å². The molecule has 0 saturated carbocycles. The average molecular weight is 301 g/mol. The molecule has 4 nitrogen and oxygen atoms in total. The molecule has 0 aliphatic rings. The molecular weight excluding hydrogens is 286 g/mol. The molecule has 0 fully saturated rings. The summed E-state index contributed by atoms with van der Waals surface area (Å²) in [6, 6.07) is 2.04. The Morgan fingerprint density at radius 2 is 1.89 bits per heavy atom. The summed E-state index contributed by atoms with van der Waals surface area (Å²) < 4.78 is 50.7. The number of sulfonamides is 1. The first kappa shape index (κ1) is 17.2. The highest BCUT2D eigenvalue weighted by molar-refractivity contribution is 7.89. The third-order valence-electron chi connectivity index (χ3n) is 2.53. The van der Waals surface area contributed by atoms with Crippen LogP contribution in [0.5, 0.6) is 0 Å². The number of rotatable bonds is 4. The monoisotopic (exact) mass is 300 g/mol. The van der Waals surface area contributed by atoms with Crippen LogP contribution in [0.2, 0.25) is 0 Å². The van der Waals surface area contributed by atoms with E-state index in [4.69, 9.17) is 5.73 Å². The van der Waals surface area contributed by atoms with E-state index in [0.717, 1.165) is 16.4 Å². The molecular formula is C10H15ClF2N2O2S. The van der Waals surface area contributed by atoms with Gasteiger partial charge in [0.2, 0.25) is 10.0 Å². The van der Waals surface area contributed by atoms with Crippen LogP contribution in [0.4, 0.5) is 8.78 Å². The predicted octanol–water partition coefficient (Wildman–Crippen LogP) is 1.35. The average Bonchev–Trinajstić information content (AvgIpc) is 2.30. The van der Waals surface area contributed by atoms with Crippen LogP contribution in [0.25, 0.3) is 0 Å². The van der Waals surface area contributed by atoms with Gasteiger partial charge < -0.3 is 5.73 Å². The smallest absolute Gasteiger partial charge is 0.243 e. The van der Waals surface area contributed by atoms with E-state index in [-0.39, 0.29) is 23.8 Å². The third kappa shape index (κ3) is 3.38. The SMILES string of the molecule is CC(CN)N(C)S(=O)(=O)c1ccc(F)c(F)c1.Cl. The molecule has 0 radical (unpaired) electrons. The summed E-state index contributed by atoms with van der Waals surface area (Å²) in [6.45, 7) is 1.76. The van der Waals surface area contributed by atoms with Crippen LogP contribution < -0.4 is 5.73 Å². The van der Waals surface area contributed by atoms with Crippen molar-refractivity contribution in [3.63, 3.8) is 0 Å². The summed E-state index contributed by atoms with van der Waals surface area (Å²) in [7, 11) is -2.50. The van der Waals surface area contributed by atoms with Gasteiger partial charge in [-0.2, -0.15) is 4.31 Å². The van der Waals surface area contributed by atoms with Crippen LogP contribution in [0.15, 0.2) is 23.1 Å². The zero-order valence-electron chi connectivity index (χ0n) is 9.93. The van der Waals surface area contributed by atoms with Crippen LogP contribution in [0.3, 0.4) is 0 Å². The highest BCUT2D eigenvalue weighted by Gasteiger charge is 2.25. The Morgan fingerprint density at radius 3 is 2.33 bits per heavy atom. The van der Waals surface area contributed by atoms with E-state index < -0.39 is 27.7 Å². The molecule has 8 heteroatoms. The van der Waals surface area contributed by atoms with Gasteiger partial charge in [-0.25, -0.2) is 17.2 Å². The van der Waals surface area contributed by atoms with Crippen molar-refractivity contribution in [2.75, 3.05) is 13.6 Å². The van der Waals surface area contributed by atoms with Crippen LogP contribution in [-0.4, -0.2) is 32.4 Å². The molecule has 2 N–H and O–H groups in total. The Bertz CT molecular complexity index is 511. The highest BCUT2D eigenvalue weighted by Crippen LogP contribution is 2.18. The second kappa shape index (κ2) is 6.42. The molecule has 0 saturated heterocycles. The lowest BCUT2D eigenvalue weighted by Gasteiger charge is -2.22. The molecule has 0 heterocycles. The largest absolute Gasteiger partial charge is 0.329 e. The summed E-state index contributed by atoms with van der Waals surface area (Å²) in [4.78, 5) is -0.292. The first-order chi connectivity index (χ1) is 7.80. The third-order valence-corrected chi connectivity index (χ3v) is 4.50. The molecule has 0 aliphatic carbocycles. The number of nitrogens with zero attached hydrogens (tertiary/aromatic N) is 1. The fourth-order valence-electron chi connectivity index (χ4n) is 1.19. The number of benzene rings is 1. The number of halogens is 3. The quantitative estimate of drug-likeness (QED) is 0.913. The fourth-order valence-corrected chi connectivity index (χ4v) is 2.57. The van der Waals surface area contributed by atoms with E-state index >= 15 is 0 Å². The lowest BCUT2D eigenvalue weighted by atomic mass is 10.3. The Balaban J connectivity index is 0.00000289. The molecule has 1 rings (SSSR count). The maximum absolute atomic E-state index is 13.0. The summed E-state index contributed by atoms with van der Waals surface area (Å²) in [6.07, 6.45) is 0. The molecule has 0 spiro atoms. The van der Waals surface area contributed by atoms with E-state index in [1.807, 2.05) is 0 Å². The van der Waals surface area contributed by atoms with Crippen molar-refractivity contribution in [3.05, 3.63) is 29.8 Å². The molecule has 1 atom stereocenters. The minimum Gasteiger partial charge on any atom is -0.329 e. The van der Waals surface area contributed by atoms with Gasteiger partial charge in [-0.05, 0) is 25.1 Å². The normalized spacial score (nSPS) is 13.2. The molecule has 1 unspecified atom stereocenters. The predicted molar refractivity (Wildman–Crippen MR) is 67.1 cm³/mol. The molecule has 0 amide bonds. The van der Waals surface area contributed by atoms with Gasteiger partial charge in [0.25, 0.3) is 0 Å². The van der Waals surface area contributed by atoms with Crippen molar-refractivity contribution in [1.82, 2.24) is 4.31 Å². The Hall–Kier alpha value is -0.760. The van der Waals surface area contributed by atoms with Gasteiger partial charge in [-0.15, -0.1) is 12.4 Å². The van der Waals surface area contributed by atoms with Crippen molar-refractivity contribution in [2.24, 2.45) is 5.73 Å². The lowest BCUT2D eigenvalue weighted by molar-refractivity contribution is 0.394. The fraction of sp³-hybridized carbons (Fsp3) is 0.400. The van der Waals surface area contributed by atoms with Gasteiger partial charge in [0, 0.05) is 19.6 Å². The van der Waals surface area contributed by atoms with E-state index in [2.05, 4.69) is 0 Å². The van der Waals surface area contributed by atoms with Crippen molar-refractivity contribution in [1.29, 1.82) is 0 Å². The van der Waals surface area contributed by atoms with E-state index in [0.29, 0.717) is 6.07 Å². The zero-order valence-corrected chi connectivity index (χ0v) is 11.6. The van der Waals surface area contributed by atoms with Crippen LogP contribution in [-0.2, 0) is 10.0 Å². The lowest BCUT2D eigenvalue weighted by Crippen LogP contribution is -2.39. The molecule has 1 aromatic rings. The second-order valence-electron chi connectivity index (χ2n) is 3.68. The van der Waals surface area contributed by atoms with Crippen molar-refractivity contribution in [3.8, 4) is 0 Å². The maximum atomic E-state index is 13.0. The maximum Gasteiger partial charge on any atom is 0.243 e. The summed E-state index contributed by atoms with van der Waals surface area (Å²) in [5, 5.41) is 0. The van der Waals surface area contributed by atoms with Gasteiger partial charge in [-0.3, -0.25) is 0 Å². The van der Waals surface area contributed by atoms with Gasteiger partial charge in [0.1, 0.15) is 0 Å². The van der Waals surface area contributed by atoms with Crippen LogP contribution >= 0.6 is 12.4 Å². The number of hydrogen-bond acceptors (Lipinski definition) is 3. The Labute approximate surface area is 111 Å². The summed E-state index contributed by atoms with van der Waals surface area (Å²) in [5.41, 5.74) is 5.36. The molecule has 0 aliphatic heterocycles. The van der Waals surface area contributed by atoms with Gasteiger partial charge >= 0.3 is 0 Å². The highest BCUT2D eigenvalue weighted by atomic mass is 35.5. The van der Waals surface area contributed by atoms with Gasteiger partial charge in [-0.1, -0.05) is 0 Å². The van der Waals surface area contributed by atoms with E-state index in [1.165, 1.54) is 7.05 Å². The summed E-state index contributed by atoms with van der Waals surface area (Å²) in [5.74, 6) is -2.28. The topological polar surface area (TPSA) is 63.4 Å². The zero-order chi connectivity index (χ0) is 13.2. The number of nitrogens with two attached hydrogens (primary N) is 1. The molecule has 0 aromatic heterocycles. The van der Waals surface area contributed by atoms with E-state index in [1.54, 1.807) is 6.92 Å². The number of likely N-dealkylation sites (N-methyl/N-ethyl adjacent to an activating group) is 1. The van der Waals surface area contributed by atoms with Crippen molar-refractivity contribution < 1.29 is 17.2 Å². The molecule has 0 bridgehead atoms. The minimum atomic E-state index is -3.84. The molecule has 18 heavy (non-hydrogen) atoms. The first-order valence-electron chi connectivity index (χ1n) is 4.94.